The molecule has 0 fully saturated rings. The first-order chi connectivity index (χ1) is 9.64. The monoisotopic (exact) mass is 294 g/mol. The fraction of sp³-hybridized carbons (Fsp3) is 0.688. The highest BCUT2D eigenvalue weighted by atomic mass is 16.5. The first kappa shape index (κ1) is 17.6. The molecule has 0 aliphatic rings. The van der Waals surface area contributed by atoms with Gasteiger partial charge in [-0.3, -0.25) is 0 Å². The highest BCUT2D eigenvalue weighted by molar-refractivity contribution is 5.55. The van der Waals surface area contributed by atoms with Crippen LogP contribution in [0.1, 0.15) is 34.6 Å². The van der Waals surface area contributed by atoms with Crippen LogP contribution in [0.3, 0.4) is 0 Å². The number of likely N-dealkylation sites (N-methyl/N-ethyl adjacent to an activating group) is 2. The van der Waals surface area contributed by atoms with E-state index in [2.05, 4.69) is 42.7 Å². The van der Waals surface area contributed by atoms with Crippen molar-refractivity contribution >= 4 is 11.5 Å². The van der Waals surface area contributed by atoms with Crippen molar-refractivity contribution in [3.63, 3.8) is 0 Å². The largest absolute Gasteiger partial charge is 0.470 e. The minimum Gasteiger partial charge on any atom is -0.470 e. The van der Waals surface area contributed by atoms with Crippen LogP contribution >= 0.6 is 0 Å². The summed E-state index contributed by atoms with van der Waals surface area (Å²) in [6.07, 6.45) is 0. The molecule has 1 atom stereocenters. The number of nitrogens with two attached hydrogens (primary N) is 1. The first-order valence-electron chi connectivity index (χ1n) is 7.51. The van der Waals surface area contributed by atoms with Gasteiger partial charge < -0.3 is 20.3 Å². The Morgan fingerprint density at radius 1 is 1.29 bits per heavy atom. The molecule has 2 N–H and O–H groups in total. The van der Waals surface area contributed by atoms with Gasteiger partial charge in [0.2, 0.25) is 5.88 Å². The molecule has 1 unspecified atom stereocenters. The van der Waals surface area contributed by atoms with Crippen molar-refractivity contribution in [3.05, 3.63) is 12.1 Å². The summed E-state index contributed by atoms with van der Waals surface area (Å²) in [5, 5.41) is 0. The second-order valence-corrected chi connectivity index (χ2v) is 6.68. The molecule has 1 heterocycles. The first-order valence-corrected chi connectivity index (χ1v) is 7.51. The Labute approximate surface area is 129 Å². The Morgan fingerprint density at radius 2 is 1.90 bits per heavy atom. The molecule has 0 aliphatic carbocycles. The van der Waals surface area contributed by atoms with E-state index in [0.29, 0.717) is 17.6 Å². The fourth-order valence-corrected chi connectivity index (χ4v) is 2.30. The number of rotatable bonds is 6. The molecule has 0 amide bonds. The predicted molar refractivity (Wildman–Crippen MR) is 90.1 cm³/mol. The molecular formula is C16H30N4O. The molecule has 1 aromatic heterocycles. The van der Waals surface area contributed by atoms with Crippen LogP contribution in [0.15, 0.2) is 12.1 Å². The lowest BCUT2D eigenvalue weighted by molar-refractivity contribution is 0.125. The second kappa shape index (κ2) is 6.98. The number of hydrogen-bond donors (Lipinski definition) is 1. The van der Waals surface area contributed by atoms with E-state index >= 15 is 0 Å². The Bertz CT molecular complexity index is 454. The van der Waals surface area contributed by atoms with Crippen LogP contribution in [-0.4, -0.2) is 48.7 Å². The number of aromatic nitrogens is 1. The van der Waals surface area contributed by atoms with Gasteiger partial charge in [-0.2, -0.15) is 4.98 Å². The molecule has 0 saturated carbocycles. The Kier molecular flexibility index (Phi) is 5.84. The third-order valence-electron chi connectivity index (χ3n) is 3.07. The quantitative estimate of drug-likeness (QED) is 0.874. The van der Waals surface area contributed by atoms with Crippen molar-refractivity contribution in [2.45, 2.75) is 46.3 Å². The van der Waals surface area contributed by atoms with Crippen LogP contribution in [0.25, 0.3) is 0 Å². The maximum absolute atomic E-state index is 5.98. The average molecular weight is 294 g/mol. The highest BCUT2D eigenvalue weighted by Crippen LogP contribution is 2.27. The van der Waals surface area contributed by atoms with E-state index in [-0.39, 0.29) is 5.60 Å². The van der Waals surface area contributed by atoms with E-state index < -0.39 is 0 Å². The van der Waals surface area contributed by atoms with Crippen LogP contribution in [0.2, 0.25) is 0 Å². The van der Waals surface area contributed by atoms with E-state index in [1.807, 2.05) is 32.9 Å². The Hall–Kier alpha value is -1.49. The zero-order chi connectivity index (χ0) is 16.2. The topological polar surface area (TPSA) is 54.6 Å². The van der Waals surface area contributed by atoms with Crippen LogP contribution in [0.4, 0.5) is 11.5 Å². The van der Waals surface area contributed by atoms with Gasteiger partial charge in [0.05, 0.1) is 5.69 Å². The standard InChI is InChI=1S/C16H30N4O/c1-8-20(12(2)11-19(6)7)14-10-9-13(17)15(18-14)21-16(3,4)5/h9-10,12H,8,11,17H2,1-7H3. The lowest BCUT2D eigenvalue weighted by atomic mass is 10.2. The van der Waals surface area contributed by atoms with Crippen molar-refractivity contribution in [1.82, 2.24) is 9.88 Å². The molecule has 0 aliphatic heterocycles. The molecule has 0 saturated heterocycles. The van der Waals surface area contributed by atoms with Crippen molar-refractivity contribution in [2.75, 3.05) is 37.8 Å². The van der Waals surface area contributed by atoms with Gasteiger partial charge in [-0.25, -0.2) is 0 Å². The molecule has 5 heteroatoms. The number of ether oxygens (including phenoxy) is 1. The van der Waals surface area contributed by atoms with Gasteiger partial charge in [-0.1, -0.05) is 0 Å². The SMILES string of the molecule is CCN(c1ccc(N)c(OC(C)(C)C)n1)C(C)CN(C)C. The van der Waals surface area contributed by atoms with Gasteiger partial charge in [0, 0.05) is 19.1 Å². The second-order valence-electron chi connectivity index (χ2n) is 6.68. The summed E-state index contributed by atoms with van der Waals surface area (Å²) < 4.78 is 5.86. The van der Waals surface area contributed by atoms with Crippen LogP contribution in [-0.2, 0) is 0 Å². The van der Waals surface area contributed by atoms with E-state index in [0.717, 1.165) is 18.9 Å². The lowest BCUT2D eigenvalue weighted by Crippen LogP contribution is -2.40. The lowest BCUT2D eigenvalue weighted by Gasteiger charge is -2.31. The van der Waals surface area contributed by atoms with Crippen LogP contribution in [0, 0.1) is 0 Å². The Balaban J connectivity index is 3.03. The number of nitrogens with zero attached hydrogens (tertiary/aromatic N) is 3. The summed E-state index contributed by atoms with van der Waals surface area (Å²) in [5.41, 5.74) is 6.24. The highest BCUT2D eigenvalue weighted by Gasteiger charge is 2.19. The summed E-state index contributed by atoms with van der Waals surface area (Å²) in [6, 6.07) is 4.19. The van der Waals surface area contributed by atoms with Gasteiger partial charge in [-0.15, -0.1) is 0 Å². The summed E-state index contributed by atoms with van der Waals surface area (Å²) in [6.45, 7) is 12.2. The fourth-order valence-electron chi connectivity index (χ4n) is 2.30. The number of hydrogen-bond acceptors (Lipinski definition) is 5. The maximum Gasteiger partial charge on any atom is 0.239 e. The van der Waals surface area contributed by atoms with Crippen molar-refractivity contribution in [3.8, 4) is 5.88 Å². The number of nitrogen functional groups attached to an aromatic ring is 1. The molecular weight excluding hydrogens is 264 g/mol. The van der Waals surface area contributed by atoms with Gasteiger partial charge in [0.25, 0.3) is 0 Å². The third kappa shape index (κ3) is 5.42. The smallest absolute Gasteiger partial charge is 0.239 e. The van der Waals surface area contributed by atoms with Crippen molar-refractivity contribution < 1.29 is 4.74 Å². The molecule has 1 aromatic rings. The summed E-state index contributed by atoms with van der Waals surface area (Å²) in [7, 11) is 4.16. The summed E-state index contributed by atoms with van der Waals surface area (Å²) in [4.78, 5) is 9.05. The molecule has 0 aromatic carbocycles. The van der Waals surface area contributed by atoms with Crippen LogP contribution < -0.4 is 15.4 Å². The molecule has 21 heavy (non-hydrogen) atoms. The predicted octanol–water partition coefficient (Wildman–Crippen LogP) is 2.62. The average Bonchev–Trinajstić information content (AvgIpc) is 2.31. The molecule has 120 valence electrons. The minimum atomic E-state index is -0.313. The summed E-state index contributed by atoms with van der Waals surface area (Å²) in [5.74, 6) is 1.41. The Morgan fingerprint density at radius 3 is 2.38 bits per heavy atom. The van der Waals surface area contributed by atoms with E-state index in [1.54, 1.807) is 0 Å². The van der Waals surface area contributed by atoms with E-state index in [4.69, 9.17) is 10.5 Å². The normalized spacial score (nSPS) is 13.3. The van der Waals surface area contributed by atoms with Gasteiger partial charge in [0.1, 0.15) is 11.4 Å². The van der Waals surface area contributed by atoms with Crippen molar-refractivity contribution in [1.29, 1.82) is 0 Å². The molecule has 0 radical (unpaired) electrons. The zero-order valence-electron chi connectivity index (χ0n) is 14.5. The van der Waals surface area contributed by atoms with Gasteiger partial charge in [0.15, 0.2) is 0 Å². The minimum absolute atomic E-state index is 0.313. The maximum atomic E-state index is 5.98. The molecule has 1 rings (SSSR count). The number of pyridine rings is 1. The molecule has 0 bridgehead atoms. The van der Waals surface area contributed by atoms with Gasteiger partial charge in [-0.05, 0) is 60.8 Å². The third-order valence-corrected chi connectivity index (χ3v) is 3.07. The molecule has 5 nitrogen and oxygen atoms in total. The molecule has 0 spiro atoms. The van der Waals surface area contributed by atoms with E-state index in [1.165, 1.54) is 0 Å². The summed E-state index contributed by atoms with van der Waals surface area (Å²) >= 11 is 0. The van der Waals surface area contributed by atoms with Gasteiger partial charge >= 0.3 is 0 Å². The van der Waals surface area contributed by atoms with E-state index in [9.17, 15) is 0 Å². The van der Waals surface area contributed by atoms with Crippen molar-refractivity contribution in [2.24, 2.45) is 0 Å². The number of anilines is 2. The van der Waals surface area contributed by atoms with Crippen LogP contribution in [0.5, 0.6) is 5.88 Å². The zero-order valence-corrected chi connectivity index (χ0v) is 14.5.